The number of rotatable bonds is 6. The van der Waals surface area contributed by atoms with Crippen LogP contribution in [0.5, 0.6) is 5.75 Å². The van der Waals surface area contributed by atoms with Crippen molar-refractivity contribution in [3.8, 4) is 5.75 Å². The van der Waals surface area contributed by atoms with Crippen molar-refractivity contribution < 1.29 is 14.3 Å². The van der Waals surface area contributed by atoms with E-state index in [1.807, 2.05) is 24.3 Å². The first-order valence-electron chi connectivity index (χ1n) is 11.2. The second-order valence-corrected chi connectivity index (χ2v) is 8.49. The van der Waals surface area contributed by atoms with Crippen molar-refractivity contribution in [3.63, 3.8) is 0 Å². The topological polar surface area (TPSA) is 53.1 Å². The molecule has 2 heterocycles. The van der Waals surface area contributed by atoms with Crippen LogP contribution in [0, 0.1) is 0 Å². The molecule has 29 heavy (non-hydrogen) atoms. The number of anilines is 1. The first-order valence-corrected chi connectivity index (χ1v) is 11.2. The normalized spacial score (nSPS) is 25.0. The highest BCUT2D eigenvalue weighted by Gasteiger charge is 2.43. The Balaban J connectivity index is 1.36. The van der Waals surface area contributed by atoms with Crippen molar-refractivity contribution in [1.82, 2.24) is 9.80 Å². The number of benzene rings is 1. The SMILES string of the molecule is CCCOc1ccc(N2C(=O)CC(N3CCN(C4CCCCC4)CC3)C2=O)cc1. The Labute approximate surface area is 173 Å². The molecule has 1 atom stereocenters. The van der Waals surface area contributed by atoms with E-state index in [9.17, 15) is 9.59 Å². The van der Waals surface area contributed by atoms with Crippen molar-refractivity contribution in [2.24, 2.45) is 0 Å². The Hall–Kier alpha value is -1.92. The molecule has 6 heteroatoms. The lowest BCUT2D eigenvalue weighted by molar-refractivity contribution is -0.123. The van der Waals surface area contributed by atoms with Gasteiger partial charge in [0.1, 0.15) is 5.75 Å². The highest BCUT2D eigenvalue weighted by Crippen LogP contribution is 2.29. The predicted molar refractivity (Wildman–Crippen MR) is 113 cm³/mol. The van der Waals surface area contributed by atoms with Crippen LogP contribution in [0.2, 0.25) is 0 Å². The van der Waals surface area contributed by atoms with Gasteiger partial charge in [0.15, 0.2) is 0 Å². The summed E-state index contributed by atoms with van der Waals surface area (Å²) >= 11 is 0. The maximum atomic E-state index is 13.1. The molecule has 2 aliphatic heterocycles. The summed E-state index contributed by atoms with van der Waals surface area (Å²) in [6.45, 7) is 6.48. The van der Waals surface area contributed by atoms with Crippen LogP contribution in [0.25, 0.3) is 0 Å². The van der Waals surface area contributed by atoms with Crippen LogP contribution in [0.15, 0.2) is 24.3 Å². The van der Waals surface area contributed by atoms with Gasteiger partial charge >= 0.3 is 0 Å². The average Bonchev–Trinajstić information content (AvgIpc) is 3.07. The molecule has 1 unspecified atom stereocenters. The molecule has 2 saturated heterocycles. The molecule has 4 rings (SSSR count). The number of hydrogen-bond donors (Lipinski definition) is 0. The maximum absolute atomic E-state index is 13.1. The van der Waals surface area contributed by atoms with Gasteiger partial charge in [-0.25, -0.2) is 4.90 Å². The summed E-state index contributed by atoms with van der Waals surface area (Å²) in [7, 11) is 0. The molecule has 3 aliphatic rings. The van der Waals surface area contributed by atoms with Crippen molar-refractivity contribution in [3.05, 3.63) is 24.3 Å². The zero-order valence-electron chi connectivity index (χ0n) is 17.5. The van der Waals surface area contributed by atoms with E-state index in [0.29, 0.717) is 12.3 Å². The molecule has 0 aromatic heterocycles. The molecule has 0 spiro atoms. The Morgan fingerprint density at radius 1 is 0.931 bits per heavy atom. The number of piperazine rings is 1. The number of ether oxygens (including phenoxy) is 1. The third kappa shape index (κ3) is 4.48. The third-order valence-corrected chi connectivity index (χ3v) is 6.57. The molecular weight excluding hydrogens is 366 g/mol. The lowest BCUT2D eigenvalue weighted by atomic mass is 9.93. The van der Waals surface area contributed by atoms with Crippen LogP contribution < -0.4 is 9.64 Å². The minimum atomic E-state index is -0.313. The second kappa shape index (κ2) is 9.26. The molecule has 3 fully saturated rings. The summed E-state index contributed by atoms with van der Waals surface area (Å²) < 4.78 is 5.60. The number of imide groups is 1. The fourth-order valence-corrected chi connectivity index (χ4v) is 4.94. The first kappa shape index (κ1) is 20.4. The molecule has 1 aromatic carbocycles. The van der Waals surface area contributed by atoms with Gasteiger partial charge < -0.3 is 4.74 Å². The van der Waals surface area contributed by atoms with E-state index in [-0.39, 0.29) is 24.3 Å². The molecule has 0 N–H and O–H groups in total. The molecule has 2 amide bonds. The molecule has 1 aliphatic carbocycles. The van der Waals surface area contributed by atoms with Crippen LogP contribution >= 0.6 is 0 Å². The fourth-order valence-electron chi connectivity index (χ4n) is 4.94. The minimum Gasteiger partial charge on any atom is -0.494 e. The van der Waals surface area contributed by atoms with Crippen molar-refractivity contribution in [2.45, 2.75) is 64.0 Å². The van der Waals surface area contributed by atoms with Crippen LogP contribution in [-0.2, 0) is 9.59 Å². The molecule has 0 radical (unpaired) electrons. The number of nitrogens with zero attached hydrogens (tertiary/aromatic N) is 3. The molecule has 6 nitrogen and oxygen atoms in total. The van der Waals surface area contributed by atoms with E-state index in [2.05, 4.69) is 16.7 Å². The zero-order chi connectivity index (χ0) is 20.2. The molecule has 158 valence electrons. The number of amides is 2. The van der Waals surface area contributed by atoms with Gasteiger partial charge in [0.05, 0.1) is 24.8 Å². The lowest BCUT2D eigenvalue weighted by Crippen LogP contribution is -2.55. The number of hydrogen-bond acceptors (Lipinski definition) is 5. The maximum Gasteiger partial charge on any atom is 0.251 e. The molecule has 1 aromatic rings. The zero-order valence-corrected chi connectivity index (χ0v) is 17.5. The van der Waals surface area contributed by atoms with Gasteiger partial charge in [-0.3, -0.25) is 19.4 Å². The Morgan fingerprint density at radius 3 is 2.24 bits per heavy atom. The second-order valence-electron chi connectivity index (χ2n) is 8.49. The van der Waals surface area contributed by atoms with E-state index in [1.54, 1.807) is 0 Å². The Morgan fingerprint density at radius 2 is 1.59 bits per heavy atom. The summed E-state index contributed by atoms with van der Waals surface area (Å²) in [5, 5.41) is 0. The van der Waals surface area contributed by atoms with E-state index in [4.69, 9.17) is 4.74 Å². The predicted octanol–water partition coefficient (Wildman–Crippen LogP) is 3.06. The molecule has 0 bridgehead atoms. The molecule has 1 saturated carbocycles. The summed E-state index contributed by atoms with van der Waals surface area (Å²) in [4.78, 5) is 31.9. The van der Waals surface area contributed by atoms with Crippen LogP contribution in [-0.4, -0.2) is 66.5 Å². The van der Waals surface area contributed by atoms with Gasteiger partial charge in [0, 0.05) is 32.2 Å². The van der Waals surface area contributed by atoms with Crippen molar-refractivity contribution in [2.75, 3.05) is 37.7 Å². The quantitative estimate of drug-likeness (QED) is 0.688. The van der Waals surface area contributed by atoms with Crippen LogP contribution in [0.4, 0.5) is 5.69 Å². The summed E-state index contributed by atoms with van der Waals surface area (Å²) in [5.74, 6) is 0.588. The first-order chi connectivity index (χ1) is 14.2. The highest BCUT2D eigenvalue weighted by molar-refractivity contribution is 6.22. The minimum absolute atomic E-state index is 0.0802. The summed E-state index contributed by atoms with van der Waals surface area (Å²) in [6.07, 6.45) is 7.92. The lowest BCUT2D eigenvalue weighted by Gasteiger charge is -2.42. The monoisotopic (exact) mass is 399 g/mol. The van der Waals surface area contributed by atoms with Gasteiger partial charge in [-0.1, -0.05) is 26.2 Å². The van der Waals surface area contributed by atoms with Gasteiger partial charge in [-0.15, -0.1) is 0 Å². The smallest absolute Gasteiger partial charge is 0.251 e. The van der Waals surface area contributed by atoms with E-state index in [1.165, 1.54) is 37.0 Å². The Kier molecular flexibility index (Phi) is 6.50. The standard InChI is InChI=1S/C23H33N3O3/c1-2-16-29-20-10-8-19(9-11-20)26-22(27)17-21(23(26)28)25-14-12-24(13-15-25)18-6-4-3-5-7-18/h8-11,18,21H,2-7,12-17H2,1H3. The summed E-state index contributed by atoms with van der Waals surface area (Å²) in [5.41, 5.74) is 0.646. The van der Waals surface area contributed by atoms with Crippen molar-refractivity contribution >= 4 is 17.5 Å². The third-order valence-electron chi connectivity index (χ3n) is 6.57. The van der Waals surface area contributed by atoms with Gasteiger partial charge in [-0.2, -0.15) is 0 Å². The van der Waals surface area contributed by atoms with Crippen LogP contribution in [0.3, 0.4) is 0 Å². The fraction of sp³-hybridized carbons (Fsp3) is 0.652. The van der Waals surface area contributed by atoms with Gasteiger partial charge in [0.25, 0.3) is 5.91 Å². The van der Waals surface area contributed by atoms with Gasteiger partial charge in [0.2, 0.25) is 5.91 Å². The van der Waals surface area contributed by atoms with Crippen molar-refractivity contribution in [1.29, 1.82) is 0 Å². The van der Waals surface area contributed by atoms with E-state index < -0.39 is 0 Å². The molecular formula is C23H33N3O3. The highest BCUT2D eigenvalue weighted by atomic mass is 16.5. The number of carbonyl (C=O) groups excluding carboxylic acids is 2. The number of carbonyl (C=O) groups is 2. The van der Waals surface area contributed by atoms with Gasteiger partial charge in [-0.05, 0) is 43.5 Å². The largest absolute Gasteiger partial charge is 0.494 e. The summed E-state index contributed by atoms with van der Waals surface area (Å²) in [6, 6.07) is 7.70. The van der Waals surface area contributed by atoms with Crippen LogP contribution in [0.1, 0.15) is 51.9 Å². The Bertz CT molecular complexity index is 707. The average molecular weight is 400 g/mol. The van der Waals surface area contributed by atoms with E-state index >= 15 is 0 Å². The van der Waals surface area contributed by atoms with E-state index in [0.717, 1.165) is 44.4 Å².